The second-order valence-corrected chi connectivity index (χ2v) is 7.91. The number of nitrogens with zero attached hydrogens (tertiary/aromatic N) is 4. The summed E-state index contributed by atoms with van der Waals surface area (Å²) in [5.74, 6) is 0.845. The van der Waals surface area contributed by atoms with Crippen molar-refractivity contribution in [1.29, 1.82) is 0 Å². The van der Waals surface area contributed by atoms with Crippen LogP contribution in [0.2, 0.25) is 0 Å². The number of para-hydroxylation sites is 1. The van der Waals surface area contributed by atoms with Gasteiger partial charge in [-0.2, -0.15) is 0 Å². The Kier molecular flexibility index (Phi) is 4.47. The molecular weight excluding hydrogens is 366 g/mol. The molecular formula is C22H25N5O2. The van der Waals surface area contributed by atoms with E-state index in [0.717, 1.165) is 35.8 Å². The lowest BCUT2D eigenvalue weighted by Crippen LogP contribution is -2.60. The molecule has 0 unspecified atom stereocenters. The van der Waals surface area contributed by atoms with Gasteiger partial charge < -0.3 is 19.5 Å². The Morgan fingerprint density at radius 2 is 2.00 bits per heavy atom. The van der Waals surface area contributed by atoms with E-state index in [4.69, 9.17) is 4.74 Å². The normalized spacial score (nSPS) is 19.3. The van der Waals surface area contributed by atoms with Gasteiger partial charge in [-0.15, -0.1) is 0 Å². The Bertz CT molecular complexity index is 1040. The molecule has 7 nitrogen and oxygen atoms in total. The maximum Gasteiger partial charge on any atom is 0.255 e. The van der Waals surface area contributed by atoms with Crippen LogP contribution in [0.25, 0.3) is 10.9 Å². The predicted octanol–water partition coefficient (Wildman–Crippen LogP) is 2.66. The number of morpholine rings is 1. The van der Waals surface area contributed by atoms with E-state index >= 15 is 0 Å². The second-order valence-electron chi connectivity index (χ2n) is 7.91. The lowest BCUT2D eigenvalue weighted by Gasteiger charge is -2.46. The average molecular weight is 391 g/mol. The molecule has 1 spiro atoms. The van der Waals surface area contributed by atoms with Gasteiger partial charge in [-0.1, -0.05) is 18.2 Å². The summed E-state index contributed by atoms with van der Waals surface area (Å²) in [5, 5.41) is 1.17. The molecule has 5 rings (SSSR count). The maximum atomic E-state index is 13.4. The van der Waals surface area contributed by atoms with Crippen molar-refractivity contribution < 1.29 is 9.53 Å². The van der Waals surface area contributed by atoms with Gasteiger partial charge in [0.15, 0.2) is 0 Å². The number of aromatic amines is 1. The molecule has 2 saturated heterocycles. The first-order chi connectivity index (χ1) is 14.1. The zero-order valence-corrected chi connectivity index (χ0v) is 16.6. The summed E-state index contributed by atoms with van der Waals surface area (Å²) in [5.41, 5.74) is 2.48. The van der Waals surface area contributed by atoms with Gasteiger partial charge >= 0.3 is 0 Å². The molecule has 1 N–H and O–H groups in total. The predicted molar refractivity (Wildman–Crippen MR) is 111 cm³/mol. The number of aromatic nitrogens is 3. The zero-order valence-electron chi connectivity index (χ0n) is 16.6. The SMILES string of the molecule is Cc1ccnc(N2CCC3(CC2)OCCN(Cc2c[nH]c4ccccc24)C3=O)n1. The lowest BCUT2D eigenvalue weighted by molar-refractivity contribution is -0.176. The van der Waals surface area contributed by atoms with Crippen molar-refractivity contribution in [3.63, 3.8) is 0 Å². The minimum atomic E-state index is -0.718. The van der Waals surface area contributed by atoms with E-state index in [1.54, 1.807) is 6.20 Å². The molecule has 4 heterocycles. The average Bonchev–Trinajstić information content (AvgIpc) is 3.15. The molecule has 0 bridgehead atoms. The number of hydrogen-bond donors (Lipinski definition) is 1. The monoisotopic (exact) mass is 391 g/mol. The van der Waals surface area contributed by atoms with E-state index in [0.29, 0.717) is 32.5 Å². The number of fused-ring (bicyclic) bond motifs is 1. The van der Waals surface area contributed by atoms with Crippen LogP contribution >= 0.6 is 0 Å². The highest BCUT2D eigenvalue weighted by Gasteiger charge is 2.47. The largest absolute Gasteiger partial charge is 0.363 e. The fourth-order valence-electron chi connectivity index (χ4n) is 4.44. The summed E-state index contributed by atoms with van der Waals surface area (Å²) in [4.78, 5) is 29.7. The summed E-state index contributed by atoms with van der Waals surface area (Å²) in [7, 11) is 0. The first kappa shape index (κ1) is 18.1. The number of piperidine rings is 1. The van der Waals surface area contributed by atoms with Crippen molar-refractivity contribution in [1.82, 2.24) is 19.9 Å². The second kappa shape index (κ2) is 7.15. The number of amides is 1. The van der Waals surface area contributed by atoms with Crippen LogP contribution in [0.3, 0.4) is 0 Å². The van der Waals surface area contributed by atoms with Crippen molar-refractivity contribution in [2.24, 2.45) is 0 Å². The summed E-state index contributed by atoms with van der Waals surface area (Å²) < 4.78 is 6.10. The number of nitrogens with one attached hydrogen (secondary N) is 1. The van der Waals surface area contributed by atoms with Crippen molar-refractivity contribution in [2.75, 3.05) is 31.1 Å². The molecule has 7 heteroatoms. The van der Waals surface area contributed by atoms with E-state index in [2.05, 4.69) is 32.0 Å². The molecule has 2 aromatic heterocycles. The Hall–Kier alpha value is -2.93. The van der Waals surface area contributed by atoms with Crippen LogP contribution in [0.1, 0.15) is 24.1 Å². The first-order valence-corrected chi connectivity index (χ1v) is 10.2. The van der Waals surface area contributed by atoms with E-state index < -0.39 is 5.60 Å². The van der Waals surface area contributed by atoms with Crippen LogP contribution in [0.4, 0.5) is 5.95 Å². The maximum absolute atomic E-state index is 13.4. The highest BCUT2D eigenvalue weighted by molar-refractivity contribution is 5.88. The minimum absolute atomic E-state index is 0.110. The number of rotatable bonds is 3. The van der Waals surface area contributed by atoms with E-state index in [9.17, 15) is 4.79 Å². The number of ether oxygens (including phenoxy) is 1. The molecule has 1 aromatic carbocycles. The fourth-order valence-corrected chi connectivity index (χ4v) is 4.44. The van der Waals surface area contributed by atoms with Crippen LogP contribution in [0.15, 0.2) is 42.7 Å². The zero-order chi connectivity index (χ0) is 19.8. The Morgan fingerprint density at radius 1 is 1.17 bits per heavy atom. The molecule has 29 heavy (non-hydrogen) atoms. The summed E-state index contributed by atoms with van der Waals surface area (Å²) in [6.45, 7) is 5.22. The van der Waals surface area contributed by atoms with Gasteiger partial charge in [0.1, 0.15) is 5.60 Å². The fraction of sp³-hybridized carbons (Fsp3) is 0.409. The van der Waals surface area contributed by atoms with E-state index in [1.807, 2.05) is 36.2 Å². The standard InChI is InChI=1S/C22H25N5O2/c1-16-6-9-23-21(25-16)26-10-7-22(8-11-26)20(28)27(12-13-29-22)15-17-14-24-19-5-3-2-4-18(17)19/h2-6,9,14,24H,7-8,10-13,15H2,1H3. The van der Waals surface area contributed by atoms with Gasteiger partial charge in [-0.25, -0.2) is 9.97 Å². The number of H-pyrrole nitrogens is 1. The Balaban J connectivity index is 1.31. The Morgan fingerprint density at radius 3 is 2.83 bits per heavy atom. The number of benzene rings is 1. The van der Waals surface area contributed by atoms with Gasteiger partial charge in [0.25, 0.3) is 5.91 Å². The van der Waals surface area contributed by atoms with Crippen molar-refractivity contribution in [2.45, 2.75) is 31.9 Å². The van der Waals surface area contributed by atoms with Crippen LogP contribution in [-0.4, -0.2) is 57.6 Å². The van der Waals surface area contributed by atoms with Crippen LogP contribution in [0, 0.1) is 6.92 Å². The number of anilines is 1. The van der Waals surface area contributed by atoms with Crippen LogP contribution in [-0.2, 0) is 16.1 Å². The molecule has 2 fully saturated rings. The molecule has 0 saturated carbocycles. The third-order valence-corrected chi connectivity index (χ3v) is 6.09. The van der Waals surface area contributed by atoms with Gasteiger partial charge in [0, 0.05) is 68.0 Å². The van der Waals surface area contributed by atoms with Crippen LogP contribution in [0.5, 0.6) is 0 Å². The van der Waals surface area contributed by atoms with E-state index in [1.165, 1.54) is 5.39 Å². The number of carbonyl (C=O) groups excluding carboxylic acids is 1. The molecule has 150 valence electrons. The first-order valence-electron chi connectivity index (χ1n) is 10.2. The third-order valence-electron chi connectivity index (χ3n) is 6.09. The van der Waals surface area contributed by atoms with Crippen molar-refractivity contribution in [3.8, 4) is 0 Å². The van der Waals surface area contributed by atoms with Crippen LogP contribution < -0.4 is 4.90 Å². The molecule has 3 aromatic rings. The summed E-state index contributed by atoms with van der Waals surface area (Å²) in [6.07, 6.45) is 5.12. The van der Waals surface area contributed by atoms with Gasteiger partial charge in [-0.3, -0.25) is 4.79 Å². The lowest BCUT2D eigenvalue weighted by atomic mass is 9.88. The number of aryl methyl sites for hydroxylation is 1. The topological polar surface area (TPSA) is 74.3 Å². The van der Waals surface area contributed by atoms with E-state index in [-0.39, 0.29) is 5.91 Å². The molecule has 1 amide bonds. The minimum Gasteiger partial charge on any atom is -0.363 e. The number of carbonyl (C=O) groups is 1. The quantitative estimate of drug-likeness (QED) is 0.743. The molecule has 0 aliphatic carbocycles. The highest BCUT2D eigenvalue weighted by Crippen LogP contribution is 2.33. The molecule has 0 radical (unpaired) electrons. The van der Waals surface area contributed by atoms with Gasteiger partial charge in [0.2, 0.25) is 5.95 Å². The van der Waals surface area contributed by atoms with Gasteiger partial charge in [0.05, 0.1) is 6.61 Å². The van der Waals surface area contributed by atoms with Crippen molar-refractivity contribution >= 4 is 22.8 Å². The molecule has 2 aliphatic heterocycles. The molecule has 2 aliphatic rings. The summed E-state index contributed by atoms with van der Waals surface area (Å²) in [6, 6.07) is 10.1. The highest BCUT2D eigenvalue weighted by atomic mass is 16.5. The Labute approximate surface area is 169 Å². The van der Waals surface area contributed by atoms with Crippen molar-refractivity contribution in [3.05, 3.63) is 54.0 Å². The third kappa shape index (κ3) is 3.25. The van der Waals surface area contributed by atoms with Gasteiger partial charge in [-0.05, 0) is 24.6 Å². The molecule has 0 atom stereocenters. The smallest absolute Gasteiger partial charge is 0.255 e. The summed E-state index contributed by atoms with van der Waals surface area (Å²) >= 11 is 0. The number of hydrogen-bond acceptors (Lipinski definition) is 5.